The van der Waals surface area contributed by atoms with Gasteiger partial charge in [-0.1, -0.05) is 35.0 Å². The molecule has 2 aromatic rings. The van der Waals surface area contributed by atoms with Crippen molar-refractivity contribution in [1.82, 2.24) is 14.4 Å². The summed E-state index contributed by atoms with van der Waals surface area (Å²) in [6.07, 6.45) is 3.86. The molecule has 0 N–H and O–H groups in total. The quantitative estimate of drug-likeness (QED) is 0.833. The molecule has 0 amide bonds. The van der Waals surface area contributed by atoms with Crippen molar-refractivity contribution in [3.05, 3.63) is 52.5 Å². The summed E-state index contributed by atoms with van der Waals surface area (Å²) < 4.78 is 31.4. The van der Waals surface area contributed by atoms with E-state index in [0.717, 1.165) is 29.8 Å². The van der Waals surface area contributed by atoms with Crippen LogP contribution in [0.4, 0.5) is 0 Å². The lowest BCUT2D eigenvalue weighted by Crippen LogP contribution is -2.47. The van der Waals surface area contributed by atoms with Gasteiger partial charge in [0.2, 0.25) is 15.9 Å². The number of sulfonamides is 1. The van der Waals surface area contributed by atoms with E-state index >= 15 is 0 Å². The number of benzene rings is 1. The maximum atomic E-state index is 12.3. The molecule has 24 heavy (non-hydrogen) atoms. The van der Waals surface area contributed by atoms with E-state index in [9.17, 15) is 8.42 Å². The first-order valence-electron chi connectivity index (χ1n) is 8.10. The van der Waals surface area contributed by atoms with E-state index in [-0.39, 0.29) is 5.92 Å². The first-order chi connectivity index (χ1) is 11.5. The molecule has 1 saturated heterocycles. The fourth-order valence-corrected chi connectivity index (χ4v) is 3.93. The molecule has 7 heteroatoms. The van der Waals surface area contributed by atoms with Crippen LogP contribution >= 0.6 is 0 Å². The highest BCUT2D eigenvalue weighted by atomic mass is 32.2. The highest BCUT2D eigenvalue weighted by Gasteiger charge is 2.39. The number of hydrogen-bond donors (Lipinski definition) is 0. The third-order valence-electron chi connectivity index (χ3n) is 4.47. The Bertz CT molecular complexity index is 861. The van der Waals surface area contributed by atoms with Gasteiger partial charge in [0.1, 0.15) is 0 Å². The third kappa shape index (κ3) is 3.14. The maximum absolute atomic E-state index is 12.3. The van der Waals surface area contributed by atoms with Crippen molar-refractivity contribution in [3.8, 4) is 0 Å². The molecule has 1 aromatic carbocycles. The Kier molecular flexibility index (Phi) is 3.77. The minimum atomic E-state index is -3.41. The lowest BCUT2D eigenvalue weighted by molar-refractivity contribution is 0.218. The van der Waals surface area contributed by atoms with E-state index in [4.69, 9.17) is 4.52 Å². The van der Waals surface area contributed by atoms with Crippen LogP contribution in [0.3, 0.4) is 0 Å². The van der Waals surface area contributed by atoms with E-state index < -0.39 is 10.0 Å². The first-order valence-corrected chi connectivity index (χ1v) is 9.60. The molecule has 1 saturated carbocycles. The topological polar surface area (TPSA) is 76.3 Å². The molecular formula is C17H19N3O3S. The Morgan fingerprint density at radius 3 is 2.54 bits per heavy atom. The van der Waals surface area contributed by atoms with Crippen molar-refractivity contribution in [2.45, 2.75) is 31.6 Å². The van der Waals surface area contributed by atoms with Gasteiger partial charge >= 0.3 is 0 Å². The summed E-state index contributed by atoms with van der Waals surface area (Å²) in [4.78, 5) is 4.40. The van der Waals surface area contributed by atoms with Crippen LogP contribution < -0.4 is 0 Å². The zero-order chi connectivity index (χ0) is 16.7. The van der Waals surface area contributed by atoms with Gasteiger partial charge in [-0.15, -0.1) is 0 Å². The SMILES string of the molecule is Cc1ccc(/C=C/S(=O)(=O)N2CC(c3nc(C4CC4)no3)C2)cc1. The minimum absolute atomic E-state index is 0.00699. The van der Waals surface area contributed by atoms with Crippen LogP contribution in [0.2, 0.25) is 0 Å². The number of nitrogens with zero attached hydrogens (tertiary/aromatic N) is 3. The minimum Gasteiger partial charge on any atom is -0.339 e. The molecule has 2 heterocycles. The highest BCUT2D eigenvalue weighted by Crippen LogP contribution is 2.39. The van der Waals surface area contributed by atoms with Gasteiger partial charge in [-0.3, -0.25) is 0 Å². The van der Waals surface area contributed by atoms with Gasteiger partial charge in [0.25, 0.3) is 0 Å². The van der Waals surface area contributed by atoms with E-state index in [1.165, 1.54) is 9.71 Å². The van der Waals surface area contributed by atoms with E-state index in [0.29, 0.717) is 24.9 Å². The van der Waals surface area contributed by atoms with E-state index in [2.05, 4.69) is 10.1 Å². The Labute approximate surface area is 141 Å². The summed E-state index contributed by atoms with van der Waals surface area (Å²) >= 11 is 0. The Balaban J connectivity index is 1.38. The fourth-order valence-electron chi connectivity index (χ4n) is 2.65. The van der Waals surface area contributed by atoms with Crippen molar-refractivity contribution in [2.75, 3.05) is 13.1 Å². The molecule has 1 aromatic heterocycles. The number of aryl methyl sites for hydroxylation is 1. The average molecular weight is 345 g/mol. The molecule has 0 bridgehead atoms. The lowest BCUT2D eigenvalue weighted by atomic mass is 10.0. The Morgan fingerprint density at radius 2 is 1.88 bits per heavy atom. The molecule has 1 aliphatic carbocycles. The molecular weight excluding hydrogens is 326 g/mol. The second kappa shape index (κ2) is 5.82. The number of aromatic nitrogens is 2. The highest BCUT2D eigenvalue weighted by molar-refractivity contribution is 7.92. The normalized spacial score (nSPS) is 19.7. The van der Waals surface area contributed by atoms with Crippen LogP contribution in [0.5, 0.6) is 0 Å². The molecule has 6 nitrogen and oxygen atoms in total. The standard InChI is InChI=1S/C17H19N3O3S/c1-12-2-4-13(5-3-12)8-9-24(21,22)20-10-15(11-20)17-18-16(19-23-17)14-6-7-14/h2-5,8-9,14-15H,6-7,10-11H2,1H3/b9-8+. The molecule has 0 radical (unpaired) electrons. The van der Waals surface area contributed by atoms with E-state index in [1.54, 1.807) is 6.08 Å². The molecule has 126 valence electrons. The summed E-state index contributed by atoms with van der Waals surface area (Å²) in [5.41, 5.74) is 2.01. The molecule has 0 atom stereocenters. The summed E-state index contributed by atoms with van der Waals surface area (Å²) in [7, 11) is -3.41. The fraction of sp³-hybridized carbons (Fsp3) is 0.412. The van der Waals surface area contributed by atoms with E-state index in [1.807, 2.05) is 31.2 Å². The molecule has 4 rings (SSSR count). The maximum Gasteiger partial charge on any atom is 0.236 e. The van der Waals surface area contributed by atoms with Crippen LogP contribution in [0.1, 0.15) is 47.5 Å². The number of hydrogen-bond acceptors (Lipinski definition) is 5. The van der Waals surface area contributed by atoms with Crippen molar-refractivity contribution in [1.29, 1.82) is 0 Å². The van der Waals surface area contributed by atoms with Crippen molar-refractivity contribution in [2.24, 2.45) is 0 Å². The molecule has 1 aliphatic heterocycles. The Morgan fingerprint density at radius 1 is 1.17 bits per heavy atom. The van der Waals surface area contributed by atoms with Crippen LogP contribution in [0.25, 0.3) is 6.08 Å². The van der Waals surface area contributed by atoms with Crippen molar-refractivity contribution >= 4 is 16.1 Å². The molecule has 0 spiro atoms. The monoisotopic (exact) mass is 345 g/mol. The molecule has 2 aliphatic rings. The first kappa shape index (κ1) is 15.5. The lowest BCUT2D eigenvalue weighted by Gasteiger charge is -2.34. The van der Waals surface area contributed by atoms with Gasteiger partial charge in [-0.2, -0.15) is 9.29 Å². The van der Waals surface area contributed by atoms with Gasteiger partial charge in [-0.25, -0.2) is 8.42 Å². The number of rotatable bonds is 5. The van der Waals surface area contributed by atoms with Gasteiger partial charge in [0, 0.05) is 24.4 Å². The van der Waals surface area contributed by atoms with Crippen molar-refractivity contribution < 1.29 is 12.9 Å². The van der Waals surface area contributed by atoms with Gasteiger partial charge in [0.15, 0.2) is 5.82 Å². The van der Waals surface area contributed by atoms with Crippen LogP contribution in [0, 0.1) is 6.92 Å². The van der Waals surface area contributed by atoms with Crippen LogP contribution in [-0.2, 0) is 10.0 Å². The summed E-state index contributed by atoms with van der Waals surface area (Å²) in [6, 6.07) is 7.72. The predicted molar refractivity (Wildman–Crippen MR) is 89.7 cm³/mol. The third-order valence-corrected chi connectivity index (χ3v) is 5.96. The summed E-state index contributed by atoms with van der Waals surface area (Å²) in [5.74, 6) is 1.78. The van der Waals surface area contributed by atoms with Gasteiger partial charge < -0.3 is 4.52 Å². The van der Waals surface area contributed by atoms with Gasteiger partial charge in [0.05, 0.1) is 5.92 Å². The smallest absolute Gasteiger partial charge is 0.236 e. The largest absolute Gasteiger partial charge is 0.339 e. The average Bonchev–Trinajstić information content (AvgIpc) is 3.25. The van der Waals surface area contributed by atoms with Crippen molar-refractivity contribution in [3.63, 3.8) is 0 Å². The predicted octanol–water partition coefficient (Wildman–Crippen LogP) is 2.66. The molecule has 2 fully saturated rings. The summed E-state index contributed by atoms with van der Waals surface area (Å²) in [6.45, 7) is 2.79. The zero-order valence-electron chi connectivity index (χ0n) is 13.4. The van der Waals surface area contributed by atoms with Crippen LogP contribution in [0.15, 0.2) is 34.2 Å². The Hall–Kier alpha value is -1.99. The van der Waals surface area contributed by atoms with Gasteiger partial charge in [-0.05, 0) is 31.4 Å². The van der Waals surface area contributed by atoms with Crippen LogP contribution in [-0.4, -0.2) is 36.0 Å². The summed E-state index contributed by atoms with van der Waals surface area (Å²) in [5, 5.41) is 5.24. The molecule has 0 unspecified atom stereocenters. The second-order valence-electron chi connectivity index (χ2n) is 6.54. The second-order valence-corrected chi connectivity index (χ2v) is 8.36. The zero-order valence-corrected chi connectivity index (χ0v) is 14.2.